The summed E-state index contributed by atoms with van der Waals surface area (Å²) in [6.07, 6.45) is 3.62. The number of nitrogens with zero attached hydrogens (tertiary/aromatic N) is 3. The van der Waals surface area contributed by atoms with Crippen molar-refractivity contribution in [3.05, 3.63) is 35.7 Å². The van der Waals surface area contributed by atoms with Gasteiger partial charge in [0.05, 0.1) is 11.9 Å². The van der Waals surface area contributed by atoms with Crippen LogP contribution < -0.4 is 5.32 Å². The molecule has 3 rings (SSSR count). The third-order valence-corrected chi connectivity index (χ3v) is 3.21. The van der Waals surface area contributed by atoms with Crippen LogP contribution in [0, 0.1) is 13.8 Å². The van der Waals surface area contributed by atoms with Gasteiger partial charge in [-0.1, -0.05) is 6.07 Å². The van der Waals surface area contributed by atoms with E-state index < -0.39 is 0 Å². The van der Waals surface area contributed by atoms with Gasteiger partial charge in [0.1, 0.15) is 11.2 Å². The monoisotopic (exact) mass is 254 g/mol. The number of hydrogen-bond acceptors (Lipinski definition) is 3. The van der Waals surface area contributed by atoms with Gasteiger partial charge in [0.15, 0.2) is 5.65 Å². The molecule has 3 heterocycles. The summed E-state index contributed by atoms with van der Waals surface area (Å²) in [7, 11) is 0. The third-order valence-electron chi connectivity index (χ3n) is 3.21. The molecule has 0 aromatic carbocycles. The molecule has 0 fully saturated rings. The van der Waals surface area contributed by atoms with Gasteiger partial charge in [-0.2, -0.15) is 0 Å². The van der Waals surface area contributed by atoms with Crippen molar-refractivity contribution in [2.24, 2.45) is 0 Å². The average molecular weight is 254 g/mol. The summed E-state index contributed by atoms with van der Waals surface area (Å²) in [5.74, 6) is -0.107. The first kappa shape index (κ1) is 11.6. The van der Waals surface area contributed by atoms with E-state index in [1.54, 1.807) is 6.20 Å². The summed E-state index contributed by atoms with van der Waals surface area (Å²) in [5, 5.41) is 2.77. The molecule has 96 valence electrons. The molecule has 0 atom stereocenters. The number of nitrogens with one attached hydrogen (secondary N) is 1. The number of aromatic nitrogens is 3. The van der Waals surface area contributed by atoms with Crippen LogP contribution >= 0.6 is 0 Å². The maximum absolute atomic E-state index is 11.2. The fourth-order valence-electron chi connectivity index (χ4n) is 2.23. The van der Waals surface area contributed by atoms with Crippen molar-refractivity contribution in [3.63, 3.8) is 0 Å². The SMILES string of the molecule is CC(=O)Nc1cnc2c(nc3c(C)cccn32)c1C. The fraction of sp³-hybridized carbons (Fsp3) is 0.214. The molecule has 5 nitrogen and oxygen atoms in total. The van der Waals surface area contributed by atoms with E-state index in [0.29, 0.717) is 5.69 Å². The van der Waals surface area contributed by atoms with E-state index in [9.17, 15) is 4.79 Å². The van der Waals surface area contributed by atoms with Gasteiger partial charge in [-0.15, -0.1) is 0 Å². The second-order valence-electron chi connectivity index (χ2n) is 4.65. The largest absolute Gasteiger partial charge is 0.325 e. The van der Waals surface area contributed by atoms with Crippen molar-refractivity contribution in [1.29, 1.82) is 0 Å². The van der Waals surface area contributed by atoms with Crippen molar-refractivity contribution in [3.8, 4) is 0 Å². The zero-order valence-electron chi connectivity index (χ0n) is 11.1. The Labute approximate surface area is 110 Å². The number of carbonyl (C=O) groups excluding carboxylic acids is 1. The van der Waals surface area contributed by atoms with E-state index in [4.69, 9.17) is 0 Å². The molecule has 0 unspecified atom stereocenters. The first-order chi connectivity index (χ1) is 9.08. The Morgan fingerprint density at radius 3 is 2.84 bits per heavy atom. The molecule has 5 heteroatoms. The summed E-state index contributed by atoms with van der Waals surface area (Å²) in [6.45, 7) is 5.44. The summed E-state index contributed by atoms with van der Waals surface area (Å²) in [4.78, 5) is 20.2. The van der Waals surface area contributed by atoms with Crippen LogP contribution in [0.15, 0.2) is 24.5 Å². The van der Waals surface area contributed by atoms with Crippen LogP contribution in [0.3, 0.4) is 0 Å². The maximum Gasteiger partial charge on any atom is 0.221 e. The van der Waals surface area contributed by atoms with Crippen LogP contribution in [-0.4, -0.2) is 20.3 Å². The normalized spacial score (nSPS) is 11.1. The number of imidazole rings is 1. The highest BCUT2D eigenvalue weighted by atomic mass is 16.1. The standard InChI is InChI=1S/C14H14N4O/c1-8-5-4-6-18-13(8)17-12-9(2)11(16-10(3)19)7-15-14(12)18/h4-7H,1-3H3,(H,16,19). The lowest BCUT2D eigenvalue weighted by Crippen LogP contribution is -2.07. The van der Waals surface area contributed by atoms with Crippen LogP contribution in [0.4, 0.5) is 5.69 Å². The quantitative estimate of drug-likeness (QED) is 0.725. The van der Waals surface area contributed by atoms with E-state index >= 15 is 0 Å². The van der Waals surface area contributed by atoms with E-state index in [0.717, 1.165) is 27.9 Å². The van der Waals surface area contributed by atoms with E-state index in [1.807, 2.05) is 36.6 Å². The van der Waals surface area contributed by atoms with Gasteiger partial charge in [0, 0.05) is 18.7 Å². The highest BCUT2D eigenvalue weighted by Crippen LogP contribution is 2.24. The smallest absolute Gasteiger partial charge is 0.221 e. The lowest BCUT2D eigenvalue weighted by Gasteiger charge is -2.05. The Kier molecular flexibility index (Phi) is 2.48. The zero-order valence-corrected chi connectivity index (χ0v) is 11.1. The number of hydrogen-bond donors (Lipinski definition) is 1. The van der Waals surface area contributed by atoms with Crippen molar-refractivity contribution in [2.45, 2.75) is 20.8 Å². The maximum atomic E-state index is 11.2. The molecule has 0 aliphatic heterocycles. The minimum Gasteiger partial charge on any atom is -0.325 e. The molecule has 19 heavy (non-hydrogen) atoms. The van der Waals surface area contributed by atoms with Crippen molar-refractivity contribution < 1.29 is 4.79 Å². The lowest BCUT2D eigenvalue weighted by molar-refractivity contribution is -0.114. The van der Waals surface area contributed by atoms with Crippen molar-refractivity contribution in [1.82, 2.24) is 14.4 Å². The molecule has 0 aliphatic rings. The summed E-state index contributed by atoms with van der Waals surface area (Å²) < 4.78 is 1.97. The first-order valence-electron chi connectivity index (χ1n) is 6.08. The minimum absolute atomic E-state index is 0.107. The van der Waals surface area contributed by atoms with Crippen LogP contribution in [-0.2, 0) is 4.79 Å². The Balaban J connectivity index is 2.35. The highest BCUT2D eigenvalue weighted by Gasteiger charge is 2.12. The molecule has 3 aromatic rings. The van der Waals surface area contributed by atoms with Gasteiger partial charge >= 0.3 is 0 Å². The minimum atomic E-state index is -0.107. The molecule has 0 aliphatic carbocycles. The molecule has 0 radical (unpaired) electrons. The topological polar surface area (TPSA) is 59.3 Å². The van der Waals surface area contributed by atoms with Gasteiger partial charge in [-0.05, 0) is 25.5 Å². The van der Waals surface area contributed by atoms with Gasteiger partial charge in [0.25, 0.3) is 0 Å². The number of rotatable bonds is 1. The van der Waals surface area contributed by atoms with Gasteiger partial charge in [0.2, 0.25) is 5.91 Å². The van der Waals surface area contributed by atoms with Crippen LogP contribution in [0.2, 0.25) is 0 Å². The molecule has 1 N–H and O–H groups in total. The summed E-state index contributed by atoms with van der Waals surface area (Å²) >= 11 is 0. The van der Waals surface area contributed by atoms with Crippen LogP contribution in [0.5, 0.6) is 0 Å². The Bertz CT molecular complexity index is 804. The molecule has 3 aromatic heterocycles. The van der Waals surface area contributed by atoms with E-state index in [1.165, 1.54) is 6.92 Å². The fourth-order valence-corrected chi connectivity index (χ4v) is 2.23. The first-order valence-corrected chi connectivity index (χ1v) is 6.08. The molecule has 0 spiro atoms. The second kappa shape index (κ2) is 4.05. The Morgan fingerprint density at radius 2 is 2.11 bits per heavy atom. The highest BCUT2D eigenvalue weighted by molar-refractivity contribution is 5.93. The predicted molar refractivity (Wildman–Crippen MR) is 74.3 cm³/mol. The Morgan fingerprint density at radius 1 is 1.32 bits per heavy atom. The van der Waals surface area contributed by atoms with Gasteiger partial charge in [-0.25, -0.2) is 9.97 Å². The van der Waals surface area contributed by atoms with Crippen LogP contribution in [0.25, 0.3) is 16.8 Å². The molecular weight excluding hydrogens is 240 g/mol. The number of pyridine rings is 2. The van der Waals surface area contributed by atoms with E-state index in [-0.39, 0.29) is 5.91 Å². The van der Waals surface area contributed by atoms with Gasteiger partial charge in [-0.3, -0.25) is 9.20 Å². The molecule has 0 saturated heterocycles. The average Bonchev–Trinajstić information content (AvgIpc) is 2.73. The number of fused-ring (bicyclic) bond motifs is 3. The summed E-state index contributed by atoms with van der Waals surface area (Å²) in [6, 6.07) is 3.99. The lowest BCUT2D eigenvalue weighted by atomic mass is 10.2. The summed E-state index contributed by atoms with van der Waals surface area (Å²) in [5.41, 5.74) is 5.27. The van der Waals surface area contributed by atoms with Crippen molar-refractivity contribution in [2.75, 3.05) is 5.32 Å². The van der Waals surface area contributed by atoms with Gasteiger partial charge < -0.3 is 5.32 Å². The number of carbonyl (C=O) groups is 1. The van der Waals surface area contributed by atoms with Crippen LogP contribution in [0.1, 0.15) is 18.1 Å². The Hall–Kier alpha value is -2.43. The molecule has 0 bridgehead atoms. The van der Waals surface area contributed by atoms with E-state index in [2.05, 4.69) is 15.3 Å². The number of aryl methyl sites for hydroxylation is 2. The number of anilines is 1. The molecule has 1 amide bonds. The predicted octanol–water partition coefficient (Wildman–Crippen LogP) is 2.46. The molecular formula is C14H14N4O. The van der Waals surface area contributed by atoms with Crippen molar-refractivity contribution >= 4 is 28.4 Å². The second-order valence-corrected chi connectivity index (χ2v) is 4.65. The third kappa shape index (κ3) is 1.74. The zero-order chi connectivity index (χ0) is 13.6. The molecule has 0 saturated carbocycles. The number of amides is 1.